The van der Waals surface area contributed by atoms with Gasteiger partial charge in [-0.3, -0.25) is 0 Å². The second-order valence-corrected chi connectivity index (χ2v) is 7.43. The highest BCUT2D eigenvalue weighted by atomic mass is 79.9. The molecule has 9 heteroatoms. The third kappa shape index (κ3) is 5.05. The quantitative estimate of drug-likeness (QED) is 0.802. The zero-order valence-corrected chi connectivity index (χ0v) is 15.5. The fourth-order valence-corrected chi connectivity index (χ4v) is 2.72. The van der Waals surface area contributed by atoms with Crippen LogP contribution in [-0.4, -0.2) is 51.9 Å². The maximum Gasteiger partial charge on any atom is 0.407 e. The van der Waals surface area contributed by atoms with Crippen LogP contribution in [0.15, 0.2) is 10.7 Å². The van der Waals surface area contributed by atoms with Crippen molar-refractivity contribution in [3.05, 3.63) is 16.4 Å². The van der Waals surface area contributed by atoms with E-state index in [9.17, 15) is 9.59 Å². The number of nitrogens with one attached hydrogen (secondary N) is 1. The molecule has 1 saturated heterocycles. The van der Waals surface area contributed by atoms with Crippen molar-refractivity contribution in [1.82, 2.24) is 15.3 Å². The van der Waals surface area contributed by atoms with Crippen molar-refractivity contribution >= 4 is 33.9 Å². The summed E-state index contributed by atoms with van der Waals surface area (Å²) in [5, 5.41) is 12.0. The molecule has 0 radical (unpaired) electrons. The van der Waals surface area contributed by atoms with Gasteiger partial charge >= 0.3 is 12.1 Å². The highest BCUT2D eigenvalue weighted by Gasteiger charge is 2.25. The molecule has 0 spiro atoms. The first-order chi connectivity index (χ1) is 11.2. The third-order valence-electron chi connectivity index (χ3n) is 3.43. The smallest absolute Gasteiger partial charge is 0.407 e. The second-order valence-electron chi connectivity index (χ2n) is 6.58. The van der Waals surface area contributed by atoms with Gasteiger partial charge in [0, 0.05) is 25.3 Å². The highest BCUT2D eigenvalue weighted by Crippen LogP contribution is 2.20. The average molecular weight is 401 g/mol. The van der Waals surface area contributed by atoms with E-state index in [1.807, 2.05) is 25.7 Å². The minimum absolute atomic E-state index is 0.0190. The van der Waals surface area contributed by atoms with Gasteiger partial charge in [0.2, 0.25) is 5.95 Å². The van der Waals surface area contributed by atoms with Crippen molar-refractivity contribution in [3.8, 4) is 0 Å². The van der Waals surface area contributed by atoms with E-state index in [0.29, 0.717) is 36.4 Å². The SMILES string of the molecule is CC(C)(C)OC(=O)NC1CCN(c2ncc(Br)c(C(=O)O)n2)CC1. The van der Waals surface area contributed by atoms with Crippen molar-refractivity contribution in [3.63, 3.8) is 0 Å². The second kappa shape index (κ2) is 7.33. The first kappa shape index (κ1) is 18.4. The van der Waals surface area contributed by atoms with Gasteiger partial charge in [0.25, 0.3) is 0 Å². The predicted octanol–water partition coefficient (Wildman–Crippen LogP) is 2.43. The summed E-state index contributed by atoms with van der Waals surface area (Å²) in [5.74, 6) is -0.724. The number of carbonyl (C=O) groups is 2. The van der Waals surface area contributed by atoms with Gasteiger partial charge in [-0.05, 0) is 49.5 Å². The van der Waals surface area contributed by atoms with E-state index < -0.39 is 17.7 Å². The van der Waals surface area contributed by atoms with Crippen LogP contribution in [0.2, 0.25) is 0 Å². The van der Waals surface area contributed by atoms with Gasteiger partial charge < -0.3 is 20.1 Å². The van der Waals surface area contributed by atoms with Crippen molar-refractivity contribution < 1.29 is 19.4 Å². The molecule has 1 aliphatic rings. The maximum absolute atomic E-state index is 11.8. The number of piperidine rings is 1. The van der Waals surface area contributed by atoms with Crippen LogP contribution >= 0.6 is 15.9 Å². The molecular weight excluding hydrogens is 380 g/mol. The van der Waals surface area contributed by atoms with Gasteiger partial charge in [-0.15, -0.1) is 0 Å². The Hall–Kier alpha value is -1.90. The number of carboxylic acid groups (broad SMARTS) is 1. The zero-order chi connectivity index (χ0) is 17.9. The lowest BCUT2D eigenvalue weighted by Gasteiger charge is -2.32. The molecule has 2 heterocycles. The Labute approximate surface area is 148 Å². The molecule has 1 aromatic heterocycles. The molecule has 8 nitrogen and oxygen atoms in total. The molecule has 0 atom stereocenters. The summed E-state index contributed by atoms with van der Waals surface area (Å²) in [6.07, 6.45) is 2.44. The summed E-state index contributed by atoms with van der Waals surface area (Å²) < 4.78 is 5.60. The molecule has 0 aromatic carbocycles. The van der Waals surface area contributed by atoms with Gasteiger partial charge in [-0.25, -0.2) is 19.6 Å². The van der Waals surface area contributed by atoms with Crippen LogP contribution in [-0.2, 0) is 4.74 Å². The first-order valence-corrected chi connectivity index (χ1v) is 8.45. The molecule has 132 valence electrons. The Morgan fingerprint density at radius 1 is 1.38 bits per heavy atom. The van der Waals surface area contributed by atoms with E-state index in [-0.39, 0.29) is 11.7 Å². The number of halogens is 1. The number of nitrogens with zero attached hydrogens (tertiary/aromatic N) is 3. The summed E-state index contributed by atoms with van der Waals surface area (Å²) in [7, 11) is 0. The number of anilines is 1. The van der Waals surface area contributed by atoms with Crippen LogP contribution in [0.5, 0.6) is 0 Å². The summed E-state index contributed by atoms with van der Waals surface area (Å²) in [5.41, 5.74) is -0.586. The van der Waals surface area contributed by atoms with Crippen molar-refractivity contribution in [1.29, 1.82) is 0 Å². The number of rotatable bonds is 3. The molecule has 0 aliphatic carbocycles. The third-order valence-corrected chi connectivity index (χ3v) is 4.01. The Morgan fingerprint density at radius 2 is 2.00 bits per heavy atom. The minimum atomic E-state index is -1.10. The zero-order valence-electron chi connectivity index (χ0n) is 13.9. The molecule has 2 N–H and O–H groups in total. The summed E-state index contributed by atoms with van der Waals surface area (Å²) in [4.78, 5) is 33.1. The number of hydrogen-bond donors (Lipinski definition) is 2. The van der Waals surface area contributed by atoms with Crippen LogP contribution in [0, 0.1) is 0 Å². The lowest BCUT2D eigenvalue weighted by atomic mass is 10.1. The minimum Gasteiger partial charge on any atom is -0.476 e. The molecule has 1 aliphatic heterocycles. The molecule has 1 aromatic rings. The molecular formula is C15H21BrN4O4. The Balaban J connectivity index is 1.92. The number of ether oxygens (including phenoxy) is 1. The van der Waals surface area contributed by atoms with E-state index in [4.69, 9.17) is 9.84 Å². The monoisotopic (exact) mass is 400 g/mol. The van der Waals surface area contributed by atoms with Gasteiger partial charge in [0.05, 0.1) is 4.47 Å². The Kier molecular flexibility index (Phi) is 5.63. The van der Waals surface area contributed by atoms with E-state index in [2.05, 4.69) is 31.2 Å². The standard InChI is InChI=1S/C15H21BrN4O4/c1-15(2,3)24-14(23)18-9-4-6-20(7-5-9)13-17-8-10(16)11(19-13)12(21)22/h8-9H,4-7H2,1-3H3,(H,18,23)(H,21,22). The summed E-state index contributed by atoms with van der Waals surface area (Å²) >= 11 is 3.13. The van der Waals surface area contributed by atoms with Crippen LogP contribution in [0.25, 0.3) is 0 Å². The largest absolute Gasteiger partial charge is 0.476 e. The highest BCUT2D eigenvalue weighted by molar-refractivity contribution is 9.10. The molecule has 0 unspecified atom stereocenters. The van der Waals surface area contributed by atoms with Crippen molar-refractivity contribution in [2.45, 2.75) is 45.3 Å². The fraction of sp³-hybridized carbons (Fsp3) is 0.600. The first-order valence-electron chi connectivity index (χ1n) is 7.66. The van der Waals surface area contributed by atoms with Crippen LogP contribution in [0.4, 0.5) is 10.7 Å². The van der Waals surface area contributed by atoms with Gasteiger partial charge in [0.1, 0.15) is 5.60 Å². The van der Waals surface area contributed by atoms with Crippen LogP contribution < -0.4 is 10.2 Å². The van der Waals surface area contributed by atoms with Crippen molar-refractivity contribution in [2.75, 3.05) is 18.0 Å². The summed E-state index contributed by atoms with van der Waals surface area (Å²) in [6.45, 7) is 6.71. The van der Waals surface area contributed by atoms with E-state index >= 15 is 0 Å². The maximum atomic E-state index is 11.8. The molecule has 24 heavy (non-hydrogen) atoms. The molecule has 2 rings (SSSR count). The molecule has 0 bridgehead atoms. The van der Waals surface area contributed by atoms with E-state index in [1.165, 1.54) is 6.20 Å². The number of hydrogen-bond acceptors (Lipinski definition) is 6. The van der Waals surface area contributed by atoms with Crippen LogP contribution in [0.1, 0.15) is 44.1 Å². The lowest BCUT2D eigenvalue weighted by Crippen LogP contribution is -2.46. The number of amides is 1. The van der Waals surface area contributed by atoms with E-state index in [1.54, 1.807) is 0 Å². The Morgan fingerprint density at radius 3 is 2.54 bits per heavy atom. The van der Waals surface area contributed by atoms with Crippen molar-refractivity contribution in [2.24, 2.45) is 0 Å². The van der Waals surface area contributed by atoms with Crippen LogP contribution in [0.3, 0.4) is 0 Å². The number of alkyl carbamates (subject to hydrolysis) is 1. The Bertz CT molecular complexity index is 624. The van der Waals surface area contributed by atoms with Gasteiger partial charge in [-0.2, -0.15) is 0 Å². The average Bonchev–Trinajstić information content (AvgIpc) is 2.46. The van der Waals surface area contributed by atoms with Gasteiger partial charge in [-0.1, -0.05) is 0 Å². The number of aromatic nitrogens is 2. The summed E-state index contributed by atoms with van der Waals surface area (Å²) in [6, 6.07) is 0.0190. The fourth-order valence-electron chi connectivity index (χ4n) is 2.36. The number of carboxylic acids is 1. The lowest BCUT2D eigenvalue weighted by molar-refractivity contribution is 0.0496. The number of aromatic carboxylic acids is 1. The normalized spacial score (nSPS) is 15.9. The molecule has 1 amide bonds. The van der Waals surface area contributed by atoms with E-state index in [0.717, 1.165) is 0 Å². The molecule has 1 fully saturated rings. The van der Waals surface area contributed by atoms with Gasteiger partial charge in [0.15, 0.2) is 5.69 Å². The molecule has 0 saturated carbocycles. The predicted molar refractivity (Wildman–Crippen MR) is 91.3 cm³/mol. The topological polar surface area (TPSA) is 105 Å². The number of carbonyl (C=O) groups excluding carboxylic acids is 1.